The summed E-state index contributed by atoms with van der Waals surface area (Å²) < 4.78 is 39.5. The minimum Gasteiger partial charge on any atom is -0.486 e. The third kappa shape index (κ3) is 3.62. The molecule has 1 saturated heterocycles. The summed E-state index contributed by atoms with van der Waals surface area (Å²) >= 11 is 0. The van der Waals surface area contributed by atoms with Crippen molar-refractivity contribution in [3.63, 3.8) is 0 Å². The molecule has 0 N–H and O–H groups in total. The third-order valence-electron chi connectivity index (χ3n) is 4.35. The summed E-state index contributed by atoms with van der Waals surface area (Å²) in [6.45, 7) is 4.71. The van der Waals surface area contributed by atoms with Gasteiger partial charge in [0.1, 0.15) is 13.2 Å². The predicted molar refractivity (Wildman–Crippen MR) is 87.8 cm³/mol. The van der Waals surface area contributed by atoms with Crippen molar-refractivity contribution in [3.8, 4) is 11.5 Å². The topological polar surface area (TPSA) is 59.1 Å². The van der Waals surface area contributed by atoms with Crippen LogP contribution in [0.2, 0.25) is 0 Å². The Morgan fingerprint density at radius 2 is 2.00 bits per heavy atom. The van der Waals surface area contributed by atoms with Crippen molar-refractivity contribution < 1.29 is 17.9 Å². The van der Waals surface area contributed by atoms with E-state index < -0.39 is 10.2 Å². The summed E-state index contributed by atoms with van der Waals surface area (Å²) in [4.78, 5) is 0. The lowest BCUT2D eigenvalue weighted by Gasteiger charge is -2.33. The van der Waals surface area contributed by atoms with Crippen molar-refractivity contribution in [2.45, 2.75) is 26.3 Å². The monoisotopic (exact) mass is 340 g/mol. The van der Waals surface area contributed by atoms with E-state index in [1.165, 1.54) is 4.31 Å². The van der Waals surface area contributed by atoms with Gasteiger partial charge in [0, 0.05) is 26.7 Å². The highest BCUT2D eigenvalue weighted by molar-refractivity contribution is 7.86. The SMILES string of the molecule is C[C@@H]1CCCN(S(=O)(=O)N(C)Cc2ccc3c(c2)OCCO3)C1. The smallest absolute Gasteiger partial charge is 0.282 e. The lowest BCUT2D eigenvalue weighted by atomic mass is 10.0. The van der Waals surface area contributed by atoms with Crippen molar-refractivity contribution in [2.24, 2.45) is 5.92 Å². The number of fused-ring (bicyclic) bond motifs is 1. The summed E-state index contributed by atoms with van der Waals surface area (Å²) in [7, 11) is -1.79. The zero-order valence-electron chi connectivity index (χ0n) is 13.7. The molecule has 1 fully saturated rings. The second kappa shape index (κ2) is 6.67. The van der Waals surface area contributed by atoms with Crippen LogP contribution in [0.4, 0.5) is 0 Å². The van der Waals surface area contributed by atoms with Crippen LogP contribution < -0.4 is 9.47 Å². The third-order valence-corrected chi connectivity index (χ3v) is 6.25. The van der Waals surface area contributed by atoms with Crippen LogP contribution in [0.5, 0.6) is 11.5 Å². The number of hydrogen-bond acceptors (Lipinski definition) is 4. The van der Waals surface area contributed by atoms with Gasteiger partial charge in [0.15, 0.2) is 11.5 Å². The molecule has 0 amide bonds. The van der Waals surface area contributed by atoms with Crippen LogP contribution in [0, 0.1) is 5.92 Å². The van der Waals surface area contributed by atoms with E-state index in [1.807, 2.05) is 18.2 Å². The molecule has 2 heterocycles. The van der Waals surface area contributed by atoms with Crippen LogP contribution in [0.15, 0.2) is 18.2 Å². The Kier molecular flexibility index (Phi) is 4.79. The number of nitrogens with zero attached hydrogens (tertiary/aromatic N) is 2. The van der Waals surface area contributed by atoms with E-state index in [1.54, 1.807) is 11.4 Å². The first kappa shape index (κ1) is 16.5. The molecule has 7 heteroatoms. The summed E-state index contributed by atoms with van der Waals surface area (Å²) in [6, 6.07) is 5.59. The normalized spacial score (nSPS) is 22.3. The standard InChI is InChI=1S/C16H24N2O4S/c1-13-4-3-7-18(11-13)23(19,20)17(2)12-14-5-6-15-16(10-14)22-9-8-21-15/h5-6,10,13H,3-4,7-9,11-12H2,1-2H3/t13-/m1/s1. The first-order chi connectivity index (χ1) is 11.0. The number of hydrogen-bond donors (Lipinski definition) is 0. The van der Waals surface area contributed by atoms with Gasteiger partial charge in [-0.15, -0.1) is 0 Å². The Labute approximate surface area is 138 Å². The van der Waals surface area contributed by atoms with Gasteiger partial charge in [0.05, 0.1) is 0 Å². The van der Waals surface area contributed by atoms with Gasteiger partial charge < -0.3 is 9.47 Å². The van der Waals surface area contributed by atoms with E-state index in [-0.39, 0.29) is 0 Å². The molecule has 0 radical (unpaired) electrons. The molecule has 0 aromatic heterocycles. The molecular formula is C16H24N2O4S. The molecule has 1 aromatic carbocycles. The molecule has 0 unspecified atom stereocenters. The van der Waals surface area contributed by atoms with E-state index >= 15 is 0 Å². The van der Waals surface area contributed by atoms with Crippen LogP contribution in [-0.2, 0) is 16.8 Å². The Hall–Kier alpha value is -1.31. The van der Waals surface area contributed by atoms with Crippen molar-refractivity contribution in [1.82, 2.24) is 8.61 Å². The van der Waals surface area contributed by atoms with Gasteiger partial charge in [0.25, 0.3) is 10.2 Å². The summed E-state index contributed by atoms with van der Waals surface area (Å²) in [5.74, 6) is 1.82. The van der Waals surface area contributed by atoms with Crippen molar-refractivity contribution in [3.05, 3.63) is 23.8 Å². The zero-order valence-corrected chi connectivity index (χ0v) is 14.5. The highest BCUT2D eigenvalue weighted by Gasteiger charge is 2.30. The molecule has 3 rings (SSSR count). The molecule has 1 atom stereocenters. The fourth-order valence-electron chi connectivity index (χ4n) is 3.08. The first-order valence-corrected chi connectivity index (χ1v) is 9.46. The van der Waals surface area contributed by atoms with Crippen molar-refractivity contribution in [1.29, 1.82) is 0 Å². The van der Waals surface area contributed by atoms with Gasteiger partial charge in [-0.1, -0.05) is 13.0 Å². The highest BCUT2D eigenvalue weighted by Crippen LogP contribution is 2.31. The minimum absolute atomic E-state index is 0.323. The molecule has 23 heavy (non-hydrogen) atoms. The van der Waals surface area contributed by atoms with Gasteiger partial charge in [-0.25, -0.2) is 0 Å². The molecule has 6 nitrogen and oxygen atoms in total. The van der Waals surface area contributed by atoms with Gasteiger partial charge in [-0.05, 0) is 36.5 Å². The van der Waals surface area contributed by atoms with Gasteiger partial charge in [0.2, 0.25) is 0 Å². The number of rotatable bonds is 4. The van der Waals surface area contributed by atoms with Crippen LogP contribution >= 0.6 is 0 Å². The molecule has 2 aliphatic heterocycles. The van der Waals surface area contributed by atoms with Crippen LogP contribution in [0.3, 0.4) is 0 Å². The molecular weight excluding hydrogens is 316 g/mol. The maximum atomic E-state index is 12.7. The number of piperidine rings is 1. The fraction of sp³-hybridized carbons (Fsp3) is 0.625. The van der Waals surface area contributed by atoms with Crippen LogP contribution in [0.1, 0.15) is 25.3 Å². The second-order valence-electron chi connectivity index (χ2n) is 6.35. The Balaban J connectivity index is 1.71. The quantitative estimate of drug-likeness (QED) is 0.839. The largest absolute Gasteiger partial charge is 0.486 e. The predicted octanol–water partition coefficient (Wildman–Crippen LogP) is 1.87. The first-order valence-electron chi connectivity index (χ1n) is 8.07. The molecule has 0 spiro atoms. The zero-order chi connectivity index (χ0) is 16.4. The summed E-state index contributed by atoms with van der Waals surface area (Å²) in [5.41, 5.74) is 0.894. The van der Waals surface area contributed by atoms with Crippen molar-refractivity contribution in [2.75, 3.05) is 33.4 Å². The summed E-state index contributed by atoms with van der Waals surface area (Å²) in [5, 5.41) is 0. The van der Waals surface area contributed by atoms with E-state index in [0.717, 1.165) is 24.2 Å². The highest BCUT2D eigenvalue weighted by atomic mass is 32.2. The molecule has 128 valence electrons. The van der Waals surface area contributed by atoms with E-state index in [4.69, 9.17) is 9.47 Å². The molecule has 0 aliphatic carbocycles. The maximum Gasteiger partial charge on any atom is 0.282 e. The molecule has 1 aromatic rings. The maximum absolute atomic E-state index is 12.7. The van der Waals surface area contributed by atoms with E-state index in [9.17, 15) is 8.42 Å². The van der Waals surface area contributed by atoms with E-state index in [0.29, 0.717) is 44.5 Å². The van der Waals surface area contributed by atoms with Crippen LogP contribution in [0.25, 0.3) is 0 Å². The minimum atomic E-state index is -3.42. The lowest BCUT2D eigenvalue weighted by molar-refractivity contribution is 0.171. The number of benzene rings is 1. The average molecular weight is 340 g/mol. The Bertz CT molecular complexity index is 662. The van der Waals surface area contributed by atoms with Crippen molar-refractivity contribution >= 4 is 10.2 Å². The van der Waals surface area contributed by atoms with Gasteiger partial charge in [-0.3, -0.25) is 0 Å². The summed E-state index contributed by atoms with van der Waals surface area (Å²) in [6.07, 6.45) is 2.02. The molecule has 0 saturated carbocycles. The van der Waals surface area contributed by atoms with Gasteiger partial charge >= 0.3 is 0 Å². The second-order valence-corrected chi connectivity index (χ2v) is 8.38. The Morgan fingerprint density at radius 1 is 1.26 bits per heavy atom. The lowest BCUT2D eigenvalue weighted by Crippen LogP contribution is -2.46. The van der Waals surface area contributed by atoms with Gasteiger partial charge in [-0.2, -0.15) is 17.0 Å². The fourth-order valence-corrected chi connectivity index (χ4v) is 4.59. The average Bonchev–Trinajstić information content (AvgIpc) is 2.54. The molecule has 0 bridgehead atoms. The number of ether oxygens (including phenoxy) is 2. The van der Waals surface area contributed by atoms with E-state index in [2.05, 4.69) is 6.92 Å². The molecule has 2 aliphatic rings. The van der Waals surface area contributed by atoms with Crippen LogP contribution in [-0.4, -0.2) is 50.4 Å². The Morgan fingerprint density at radius 3 is 2.74 bits per heavy atom.